The quantitative estimate of drug-likeness (QED) is 0.764. The fraction of sp³-hybridized carbons (Fsp3) is 0.421. The summed E-state index contributed by atoms with van der Waals surface area (Å²) >= 11 is 1.06. The van der Waals surface area contributed by atoms with Crippen molar-refractivity contribution in [1.82, 2.24) is 15.1 Å². The molecule has 1 fully saturated rings. The van der Waals surface area contributed by atoms with Crippen LogP contribution in [0.25, 0.3) is 0 Å². The Hall–Kier alpha value is -2.33. The fourth-order valence-electron chi connectivity index (χ4n) is 2.93. The summed E-state index contributed by atoms with van der Waals surface area (Å²) in [6, 6.07) is 7.72. The molecule has 0 atom stereocenters. The number of alkyl halides is 3. The van der Waals surface area contributed by atoms with Crippen LogP contribution in [-0.2, 0) is 17.6 Å². The number of piperidine rings is 1. The average molecular weight is 427 g/mol. The van der Waals surface area contributed by atoms with Gasteiger partial charge in [-0.1, -0.05) is 12.1 Å². The number of thioether (sulfide) groups is 1. The van der Waals surface area contributed by atoms with E-state index in [-0.39, 0.29) is 29.4 Å². The number of ether oxygens (including phenoxy) is 1. The smallest absolute Gasteiger partial charge is 0.419 e. The number of benzene rings is 1. The van der Waals surface area contributed by atoms with Crippen LogP contribution >= 0.6 is 11.8 Å². The van der Waals surface area contributed by atoms with Gasteiger partial charge in [0, 0.05) is 18.3 Å². The minimum Gasteiger partial charge on any atom is -0.484 e. The van der Waals surface area contributed by atoms with E-state index in [0.717, 1.165) is 29.6 Å². The van der Waals surface area contributed by atoms with E-state index in [2.05, 4.69) is 10.2 Å². The molecule has 0 spiro atoms. The third-order valence-corrected chi connectivity index (χ3v) is 5.86. The predicted octanol–water partition coefficient (Wildman–Crippen LogP) is 3.15. The van der Waals surface area contributed by atoms with Gasteiger partial charge in [0.15, 0.2) is 6.61 Å². The monoisotopic (exact) mass is 427 g/mol. The fourth-order valence-corrected chi connectivity index (χ4v) is 4.10. The molecule has 0 aliphatic carbocycles. The predicted molar refractivity (Wildman–Crippen MR) is 100 cm³/mol. The molecule has 29 heavy (non-hydrogen) atoms. The Morgan fingerprint density at radius 3 is 2.52 bits per heavy atom. The van der Waals surface area contributed by atoms with Gasteiger partial charge in [-0.15, -0.1) is 16.9 Å². The number of likely N-dealkylation sites (tertiary alicyclic amines) is 1. The number of hydrogen-bond acceptors (Lipinski definition) is 6. The number of nitrogens with zero attached hydrogens (tertiary/aromatic N) is 3. The van der Waals surface area contributed by atoms with E-state index in [1.165, 1.54) is 0 Å². The lowest BCUT2D eigenvalue weighted by molar-refractivity contribution is -0.140. The van der Waals surface area contributed by atoms with E-state index < -0.39 is 11.7 Å². The number of aromatic nitrogens is 2. The molecule has 6 nitrogen and oxygen atoms in total. The van der Waals surface area contributed by atoms with Gasteiger partial charge in [-0.05, 0) is 36.6 Å². The van der Waals surface area contributed by atoms with E-state index >= 15 is 0 Å². The van der Waals surface area contributed by atoms with Gasteiger partial charge in [-0.3, -0.25) is 4.79 Å². The summed E-state index contributed by atoms with van der Waals surface area (Å²) in [6.07, 6.45) is -2.31. The second kappa shape index (κ2) is 9.45. The van der Waals surface area contributed by atoms with Crippen LogP contribution in [0.2, 0.25) is 0 Å². The Morgan fingerprint density at radius 1 is 1.21 bits per heavy atom. The molecule has 1 N–H and O–H groups in total. The van der Waals surface area contributed by atoms with Crippen molar-refractivity contribution in [2.75, 3.05) is 19.7 Å². The zero-order valence-electron chi connectivity index (χ0n) is 15.4. The van der Waals surface area contributed by atoms with Crippen molar-refractivity contribution in [2.24, 2.45) is 0 Å². The van der Waals surface area contributed by atoms with Crippen molar-refractivity contribution in [3.63, 3.8) is 0 Å². The Bertz CT molecular complexity index is 825. The van der Waals surface area contributed by atoms with Crippen molar-refractivity contribution in [2.45, 2.75) is 35.9 Å². The van der Waals surface area contributed by atoms with E-state index in [1.807, 2.05) is 0 Å². The van der Waals surface area contributed by atoms with Crippen LogP contribution in [0.4, 0.5) is 13.2 Å². The van der Waals surface area contributed by atoms with Crippen LogP contribution in [0.15, 0.2) is 41.6 Å². The molecule has 3 rings (SSSR count). The highest BCUT2D eigenvalue weighted by atomic mass is 32.2. The molecule has 1 aromatic heterocycles. The normalized spacial score (nSPS) is 15.4. The summed E-state index contributed by atoms with van der Waals surface area (Å²) in [7, 11) is 0. The van der Waals surface area contributed by atoms with Crippen molar-refractivity contribution in [3.05, 3.63) is 47.7 Å². The molecular formula is C19H20F3N3O3S. The minimum absolute atomic E-state index is 0.0643. The first-order valence-electron chi connectivity index (χ1n) is 9.02. The molecule has 0 saturated carbocycles. The van der Waals surface area contributed by atoms with E-state index in [1.54, 1.807) is 29.2 Å². The van der Waals surface area contributed by atoms with Gasteiger partial charge in [-0.2, -0.15) is 18.3 Å². The highest BCUT2D eigenvalue weighted by molar-refractivity contribution is 7.99. The largest absolute Gasteiger partial charge is 0.484 e. The second-order valence-corrected chi connectivity index (χ2v) is 7.83. The highest BCUT2D eigenvalue weighted by Crippen LogP contribution is 2.38. The summed E-state index contributed by atoms with van der Waals surface area (Å²) in [5.74, 6) is 0.360. The summed E-state index contributed by atoms with van der Waals surface area (Å²) in [5, 5.41) is 16.0. The zero-order valence-corrected chi connectivity index (χ0v) is 16.2. The number of halogens is 3. The van der Waals surface area contributed by atoms with Crippen LogP contribution < -0.4 is 4.74 Å². The molecule has 0 radical (unpaired) electrons. The lowest BCUT2D eigenvalue weighted by Gasteiger charge is -2.31. The zero-order chi connectivity index (χ0) is 20.9. The third-order valence-electron chi connectivity index (χ3n) is 4.53. The van der Waals surface area contributed by atoms with Gasteiger partial charge < -0.3 is 14.7 Å². The van der Waals surface area contributed by atoms with Gasteiger partial charge in [0.2, 0.25) is 0 Å². The maximum absolute atomic E-state index is 13.1. The highest BCUT2D eigenvalue weighted by Gasteiger charge is 2.35. The number of hydrogen-bond donors (Lipinski definition) is 1. The summed E-state index contributed by atoms with van der Waals surface area (Å²) < 4.78 is 44.7. The number of aliphatic hydroxyl groups is 1. The average Bonchev–Trinajstić information content (AvgIpc) is 2.72. The van der Waals surface area contributed by atoms with Crippen LogP contribution in [-0.4, -0.2) is 51.1 Å². The van der Waals surface area contributed by atoms with Crippen LogP contribution in [0.1, 0.15) is 24.0 Å². The Kier molecular flexibility index (Phi) is 6.96. The molecule has 156 valence electrons. The van der Waals surface area contributed by atoms with Crippen molar-refractivity contribution in [3.8, 4) is 5.75 Å². The van der Waals surface area contributed by atoms with Gasteiger partial charge in [0.1, 0.15) is 10.8 Å². The topological polar surface area (TPSA) is 75.6 Å². The first-order valence-corrected chi connectivity index (χ1v) is 9.90. The molecule has 1 aliphatic heterocycles. The minimum atomic E-state index is -4.47. The molecule has 1 aromatic carbocycles. The Labute approximate surface area is 170 Å². The maximum atomic E-state index is 13.1. The molecule has 2 heterocycles. The lowest BCUT2D eigenvalue weighted by atomic mass is 10.1. The number of aliphatic hydroxyl groups excluding tert-OH is 1. The summed E-state index contributed by atoms with van der Waals surface area (Å²) in [5.41, 5.74) is -0.0309. The number of carbonyl (C=O) groups is 1. The first kappa shape index (κ1) is 21.4. The van der Waals surface area contributed by atoms with E-state index in [9.17, 15) is 18.0 Å². The SMILES string of the molecule is O=C(COc1ccc(CO)cc1)N1CCC(Sc2nnccc2C(F)(F)F)CC1. The van der Waals surface area contributed by atoms with E-state index in [4.69, 9.17) is 9.84 Å². The first-order chi connectivity index (χ1) is 13.9. The van der Waals surface area contributed by atoms with Gasteiger partial charge in [-0.25, -0.2) is 0 Å². The molecule has 1 amide bonds. The molecular weight excluding hydrogens is 407 g/mol. The van der Waals surface area contributed by atoms with Crippen LogP contribution in [0.5, 0.6) is 5.75 Å². The van der Waals surface area contributed by atoms with Crippen molar-refractivity contribution >= 4 is 17.7 Å². The molecule has 0 bridgehead atoms. The van der Waals surface area contributed by atoms with Crippen LogP contribution in [0, 0.1) is 0 Å². The summed E-state index contributed by atoms with van der Waals surface area (Å²) in [4.78, 5) is 14.0. The number of carbonyl (C=O) groups excluding carboxylic acids is 1. The summed E-state index contributed by atoms with van der Waals surface area (Å²) in [6.45, 7) is 0.722. The van der Waals surface area contributed by atoms with E-state index in [0.29, 0.717) is 31.7 Å². The molecule has 10 heteroatoms. The van der Waals surface area contributed by atoms with Crippen molar-refractivity contribution < 1.29 is 27.8 Å². The standard InChI is InChI=1S/C19H20F3N3O3S/c20-19(21,22)16-5-8-23-24-18(16)29-15-6-9-25(10-7-15)17(27)12-28-14-3-1-13(11-26)2-4-14/h1-5,8,15,26H,6-7,9-12H2. The molecule has 1 aliphatic rings. The Morgan fingerprint density at radius 2 is 1.90 bits per heavy atom. The van der Waals surface area contributed by atoms with Gasteiger partial charge >= 0.3 is 6.18 Å². The molecule has 1 saturated heterocycles. The number of rotatable bonds is 6. The van der Waals surface area contributed by atoms with Crippen LogP contribution in [0.3, 0.4) is 0 Å². The molecule has 0 unspecified atom stereocenters. The van der Waals surface area contributed by atoms with Gasteiger partial charge in [0.05, 0.1) is 18.4 Å². The number of amides is 1. The maximum Gasteiger partial charge on any atom is 0.419 e. The Balaban J connectivity index is 1.48. The third kappa shape index (κ3) is 5.83. The molecule has 2 aromatic rings. The van der Waals surface area contributed by atoms with Gasteiger partial charge in [0.25, 0.3) is 5.91 Å². The van der Waals surface area contributed by atoms with Crippen molar-refractivity contribution in [1.29, 1.82) is 0 Å². The lowest BCUT2D eigenvalue weighted by Crippen LogP contribution is -2.41. The second-order valence-electron chi connectivity index (χ2n) is 6.54.